The van der Waals surface area contributed by atoms with Crippen LogP contribution in [0, 0.1) is 0 Å². The lowest BCUT2D eigenvalue weighted by Gasteiger charge is -2.08. The van der Waals surface area contributed by atoms with Gasteiger partial charge in [-0.05, 0) is 17.7 Å². The standard InChI is InChI=1S/C18H17N3OS/c1-12(22)20-15-9-7-13(8-10-15)16-11-23-18(21-16)17(19)14-5-3-2-4-6-14/h2-11,17H,19H2,1H3,(H,20,22). The van der Waals surface area contributed by atoms with Gasteiger partial charge in [0.1, 0.15) is 5.01 Å². The summed E-state index contributed by atoms with van der Waals surface area (Å²) < 4.78 is 0. The van der Waals surface area contributed by atoms with Gasteiger partial charge in [0.2, 0.25) is 5.91 Å². The minimum atomic E-state index is -0.214. The fraction of sp³-hybridized carbons (Fsp3) is 0.111. The van der Waals surface area contributed by atoms with Gasteiger partial charge in [0.05, 0.1) is 11.7 Å². The van der Waals surface area contributed by atoms with Crippen molar-refractivity contribution in [3.05, 3.63) is 70.5 Å². The molecule has 23 heavy (non-hydrogen) atoms. The molecule has 0 aliphatic carbocycles. The van der Waals surface area contributed by atoms with E-state index >= 15 is 0 Å². The SMILES string of the molecule is CC(=O)Nc1ccc(-c2csc(C(N)c3ccccc3)n2)cc1. The molecule has 5 heteroatoms. The first kappa shape index (κ1) is 15.4. The van der Waals surface area contributed by atoms with Crippen LogP contribution in [0.3, 0.4) is 0 Å². The van der Waals surface area contributed by atoms with Gasteiger partial charge in [-0.15, -0.1) is 11.3 Å². The third-order valence-electron chi connectivity index (χ3n) is 3.45. The van der Waals surface area contributed by atoms with Crippen LogP contribution >= 0.6 is 11.3 Å². The highest BCUT2D eigenvalue weighted by Crippen LogP contribution is 2.28. The maximum atomic E-state index is 11.0. The second-order valence-electron chi connectivity index (χ2n) is 5.22. The molecule has 0 spiro atoms. The lowest BCUT2D eigenvalue weighted by molar-refractivity contribution is -0.114. The zero-order valence-electron chi connectivity index (χ0n) is 12.7. The maximum Gasteiger partial charge on any atom is 0.221 e. The van der Waals surface area contributed by atoms with Crippen molar-refractivity contribution in [1.82, 2.24) is 4.98 Å². The summed E-state index contributed by atoms with van der Waals surface area (Å²) in [7, 11) is 0. The molecule has 1 unspecified atom stereocenters. The van der Waals surface area contributed by atoms with Gasteiger partial charge in [-0.2, -0.15) is 0 Å². The molecule has 1 amide bonds. The number of aromatic nitrogens is 1. The Morgan fingerprint density at radius 1 is 1.13 bits per heavy atom. The normalized spacial score (nSPS) is 11.9. The van der Waals surface area contributed by atoms with Crippen LogP contribution < -0.4 is 11.1 Å². The number of rotatable bonds is 4. The molecule has 3 N–H and O–H groups in total. The third-order valence-corrected chi connectivity index (χ3v) is 4.38. The average molecular weight is 323 g/mol. The molecule has 3 rings (SSSR count). The first-order valence-corrected chi connectivity index (χ1v) is 8.15. The summed E-state index contributed by atoms with van der Waals surface area (Å²) in [6, 6.07) is 17.3. The van der Waals surface area contributed by atoms with Crippen molar-refractivity contribution >= 4 is 22.9 Å². The lowest BCUT2D eigenvalue weighted by atomic mass is 10.1. The molecule has 0 aliphatic rings. The fourth-order valence-corrected chi connectivity index (χ4v) is 3.15. The van der Waals surface area contributed by atoms with Crippen molar-refractivity contribution in [3.8, 4) is 11.3 Å². The van der Waals surface area contributed by atoms with Crippen molar-refractivity contribution in [2.24, 2.45) is 5.73 Å². The van der Waals surface area contributed by atoms with Crippen molar-refractivity contribution in [2.75, 3.05) is 5.32 Å². The van der Waals surface area contributed by atoms with Crippen molar-refractivity contribution in [2.45, 2.75) is 13.0 Å². The Labute approximate surface area is 139 Å². The quantitative estimate of drug-likeness (QED) is 0.767. The molecule has 4 nitrogen and oxygen atoms in total. The van der Waals surface area contributed by atoms with E-state index in [1.54, 1.807) is 11.3 Å². The smallest absolute Gasteiger partial charge is 0.221 e. The molecule has 1 atom stereocenters. The highest BCUT2D eigenvalue weighted by Gasteiger charge is 2.13. The van der Waals surface area contributed by atoms with E-state index in [1.807, 2.05) is 60.0 Å². The monoisotopic (exact) mass is 323 g/mol. The number of amides is 1. The van der Waals surface area contributed by atoms with Gasteiger partial charge < -0.3 is 11.1 Å². The average Bonchev–Trinajstić information content (AvgIpc) is 3.05. The number of nitrogens with two attached hydrogens (primary N) is 1. The van der Waals surface area contributed by atoms with Crippen LogP contribution in [0.5, 0.6) is 0 Å². The summed E-state index contributed by atoms with van der Waals surface area (Å²) in [5.41, 5.74) is 10.0. The Kier molecular flexibility index (Phi) is 4.50. The van der Waals surface area contributed by atoms with Gasteiger partial charge in [0.25, 0.3) is 0 Å². The first-order valence-electron chi connectivity index (χ1n) is 7.27. The number of carbonyl (C=O) groups excluding carboxylic acids is 1. The third kappa shape index (κ3) is 3.64. The van der Waals surface area contributed by atoms with E-state index in [2.05, 4.69) is 10.3 Å². The molecule has 0 radical (unpaired) electrons. The number of hydrogen-bond acceptors (Lipinski definition) is 4. The number of hydrogen-bond donors (Lipinski definition) is 2. The van der Waals surface area contributed by atoms with Crippen LogP contribution in [-0.4, -0.2) is 10.9 Å². The van der Waals surface area contributed by atoms with E-state index in [9.17, 15) is 4.79 Å². The summed E-state index contributed by atoms with van der Waals surface area (Å²) in [5.74, 6) is -0.0810. The number of thiazole rings is 1. The van der Waals surface area contributed by atoms with Gasteiger partial charge in [-0.25, -0.2) is 4.98 Å². The van der Waals surface area contributed by atoms with Crippen LogP contribution in [-0.2, 0) is 4.79 Å². The number of benzene rings is 2. The molecule has 1 aromatic heterocycles. The topological polar surface area (TPSA) is 68.0 Å². The van der Waals surface area contributed by atoms with E-state index < -0.39 is 0 Å². The molecule has 0 saturated carbocycles. The maximum absolute atomic E-state index is 11.0. The van der Waals surface area contributed by atoms with E-state index in [0.717, 1.165) is 27.5 Å². The van der Waals surface area contributed by atoms with Gasteiger partial charge >= 0.3 is 0 Å². The summed E-state index contributed by atoms with van der Waals surface area (Å²) in [6.07, 6.45) is 0. The number of carbonyl (C=O) groups is 1. The number of nitrogens with one attached hydrogen (secondary N) is 1. The molecule has 0 fully saturated rings. The van der Waals surface area contributed by atoms with Crippen molar-refractivity contribution in [3.63, 3.8) is 0 Å². The molecular weight excluding hydrogens is 306 g/mol. The predicted octanol–water partition coefficient (Wildman–Crippen LogP) is 3.82. The number of nitrogens with zero attached hydrogens (tertiary/aromatic N) is 1. The summed E-state index contributed by atoms with van der Waals surface area (Å²) in [4.78, 5) is 15.7. The second kappa shape index (κ2) is 6.73. The molecule has 116 valence electrons. The van der Waals surface area contributed by atoms with Gasteiger partial charge in [-0.3, -0.25) is 4.79 Å². The summed E-state index contributed by atoms with van der Waals surface area (Å²) in [6.45, 7) is 1.49. The first-order chi connectivity index (χ1) is 11.1. The zero-order chi connectivity index (χ0) is 16.2. The fourth-order valence-electron chi connectivity index (χ4n) is 2.29. The predicted molar refractivity (Wildman–Crippen MR) is 94.3 cm³/mol. The van der Waals surface area contributed by atoms with Crippen LogP contribution in [0.2, 0.25) is 0 Å². The Hall–Kier alpha value is -2.50. The van der Waals surface area contributed by atoms with E-state index in [-0.39, 0.29) is 11.9 Å². The highest BCUT2D eigenvalue weighted by atomic mass is 32.1. The van der Waals surface area contributed by atoms with Gasteiger partial charge in [0.15, 0.2) is 0 Å². The zero-order valence-corrected chi connectivity index (χ0v) is 13.5. The second-order valence-corrected chi connectivity index (χ2v) is 6.11. The summed E-state index contributed by atoms with van der Waals surface area (Å²) in [5, 5.41) is 5.64. The van der Waals surface area contributed by atoms with Crippen molar-refractivity contribution < 1.29 is 4.79 Å². The van der Waals surface area contributed by atoms with Gasteiger partial charge in [-0.1, -0.05) is 42.5 Å². The lowest BCUT2D eigenvalue weighted by Crippen LogP contribution is -2.11. The largest absolute Gasteiger partial charge is 0.326 e. The Morgan fingerprint density at radius 3 is 2.48 bits per heavy atom. The number of anilines is 1. The molecular formula is C18H17N3OS. The Morgan fingerprint density at radius 2 is 1.83 bits per heavy atom. The molecule has 2 aromatic carbocycles. The van der Waals surface area contributed by atoms with Crippen molar-refractivity contribution in [1.29, 1.82) is 0 Å². The molecule has 0 saturated heterocycles. The molecule has 0 bridgehead atoms. The Bertz CT molecular complexity index is 797. The van der Waals surface area contributed by atoms with Gasteiger partial charge in [0, 0.05) is 23.6 Å². The van der Waals surface area contributed by atoms with E-state index in [0.29, 0.717) is 0 Å². The summed E-state index contributed by atoms with van der Waals surface area (Å²) >= 11 is 1.56. The van der Waals surface area contributed by atoms with E-state index in [1.165, 1.54) is 6.92 Å². The van der Waals surface area contributed by atoms with Crippen LogP contribution in [0.25, 0.3) is 11.3 Å². The van der Waals surface area contributed by atoms with Crippen LogP contribution in [0.1, 0.15) is 23.5 Å². The van der Waals surface area contributed by atoms with Crippen LogP contribution in [0.4, 0.5) is 5.69 Å². The minimum absolute atomic E-state index is 0.0810. The molecule has 0 aliphatic heterocycles. The molecule has 1 heterocycles. The Balaban J connectivity index is 1.80. The van der Waals surface area contributed by atoms with E-state index in [4.69, 9.17) is 5.73 Å². The minimum Gasteiger partial charge on any atom is -0.326 e. The van der Waals surface area contributed by atoms with Crippen LogP contribution in [0.15, 0.2) is 60.0 Å². The highest BCUT2D eigenvalue weighted by molar-refractivity contribution is 7.10. The molecule has 3 aromatic rings.